The largest absolute Gasteiger partial charge is 0.375 e. The average molecular weight is 289 g/mol. The Morgan fingerprint density at radius 2 is 2.20 bits per heavy atom. The molecule has 0 fully saturated rings. The van der Waals surface area contributed by atoms with Crippen molar-refractivity contribution in [3.8, 4) is 0 Å². The van der Waals surface area contributed by atoms with E-state index in [0.717, 1.165) is 16.8 Å². The number of hydrogen-bond acceptors (Lipinski definition) is 4. The maximum absolute atomic E-state index is 12.1. The molecule has 0 bridgehead atoms. The Morgan fingerprint density at radius 1 is 1.45 bits per heavy atom. The number of nitrogens with zero attached hydrogens (tertiary/aromatic N) is 1. The fourth-order valence-electron chi connectivity index (χ4n) is 2.09. The number of aryl methyl sites for hydroxylation is 1. The van der Waals surface area contributed by atoms with Gasteiger partial charge in [0.2, 0.25) is 5.91 Å². The summed E-state index contributed by atoms with van der Waals surface area (Å²) >= 11 is 1.35. The monoisotopic (exact) mass is 289 g/mol. The van der Waals surface area contributed by atoms with Crippen molar-refractivity contribution in [1.29, 1.82) is 0 Å². The molecule has 0 saturated carbocycles. The third-order valence-electron chi connectivity index (χ3n) is 3.10. The van der Waals surface area contributed by atoms with Crippen LogP contribution in [-0.4, -0.2) is 10.9 Å². The topological polar surface area (TPSA) is 68.0 Å². The van der Waals surface area contributed by atoms with E-state index in [0.29, 0.717) is 16.7 Å². The van der Waals surface area contributed by atoms with Gasteiger partial charge in [-0.1, -0.05) is 32.0 Å². The van der Waals surface area contributed by atoms with E-state index in [4.69, 9.17) is 5.73 Å². The van der Waals surface area contributed by atoms with Crippen LogP contribution in [0.4, 0.5) is 10.8 Å². The second kappa shape index (κ2) is 6.05. The minimum absolute atomic E-state index is 0.0634. The molecule has 106 valence electrons. The van der Waals surface area contributed by atoms with Crippen LogP contribution in [0.25, 0.3) is 0 Å². The van der Waals surface area contributed by atoms with Crippen molar-refractivity contribution < 1.29 is 4.79 Å². The van der Waals surface area contributed by atoms with Crippen molar-refractivity contribution in [2.75, 3.05) is 11.1 Å². The zero-order chi connectivity index (χ0) is 14.7. The van der Waals surface area contributed by atoms with Gasteiger partial charge < -0.3 is 11.1 Å². The van der Waals surface area contributed by atoms with Gasteiger partial charge in [0, 0.05) is 11.1 Å². The molecule has 20 heavy (non-hydrogen) atoms. The Balaban J connectivity index is 2.15. The highest BCUT2D eigenvalue weighted by atomic mass is 32.1. The van der Waals surface area contributed by atoms with Gasteiger partial charge >= 0.3 is 0 Å². The smallest absolute Gasteiger partial charge is 0.230 e. The minimum atomic E-state index is -0.0634. The third-order valence-corrected chi connectivity index (χ3v) is 3.83. The number of carbonyl (C=O) groups excluding carboxylic acids is 1. The molecule has 0 spiro atoms. The number of carbonyl (C=O) groups is 1. The minimum Gasteiger partial charge on any atom is -0.375 e. The van der Waals surface area contributed by atoms with E-state index >= 15 is 0 Å². The van der Waals surface area contributed by atoms with Crippen molar-refractivity contribution in [2.24, 2.45) is 0 Å². The number of hydrogen-bond donors (Lipinski definition) is 2. The molecule has 1 heterocycles. The van der Waals surface area contributed by atoms with Crippen molar-refractivity contribution in [3.05, 3.63) is 40.4 Å². The molecule has 2 rings (SSSR count). The predicted octanol–water partition coefficient (Wildman–Crippen LogP) is 3.34. The van der Waals surface area contributed by atoms with Crippen LogP contribution in [0, 0.1) is 6.92 Å². The fraction of sp³-hybridized carbons (Fsp3) is 0.333. The average Bonchev–Trinajstić information content (AvgIpc) is 2.77. The molecular formula is C15H19N3OS. The standard InChI is InChI=1S/C15H19N3OS/c1-9(2)12-6-4-5-10(3)14(12)18-13(19)7-11-8-20-15(16)17-11/h4-6,8-9H,7H2,1-3H3,(H2,16,17)(H,18,19). The molecule has 0 saturated heterocycles. The summed E-state index contributed by atoms with van der Waals surface area (Å²) in [6.07, 6.45) is 0.250. The number of rotatable bonds is 4. The van der Waals surface area contributed by atoms with Crippen LogP contribution in [0.1, 0.15) is 36.6 Å². The Labute approximate surface area is 123 Å². The van der Waals surface area contributed by atoms with Crippen LogP contribution >= 0.6 is 11.3 Å². The normalized spacial score (nSPS) is 10.8. The number of aromatic nitrogens is 1. The highest BCUT2D eigenvalue weighted by Crippen LogP contribution is 2.27. The lowest BCUT2D eigenvalue weighted by Crippen LogP contribution is -2.17. The number of benzene rings is 1. The Kier molecular flexibility index (Phi) is 4.39. The molecule has 1 amide bonds. The van der Waals surface area contributed by atoms with E-state index in [2.05, 4.69) is 24.1 Å². The molecule has 1 aromatic heterocycles. The molecule has 4 nitrogen and oxygen atoms in total. The molecular weight excluding hydrogens is 270 g/mol. The van der Waals surface area contributed by atoms with Gasteiger partial charge in [-0.05, 0) is 24.0 Å². The highest BCUT2D eigenvalue weighted by molar-refractivity contribution is 7.13. The quantitative estimate of drug-likeness (QED) is 0.907. The molecule has 2 aromatic rings. The van der Waals surface area contributed by atoms with Crippen LogP contribution in [-0.2, 0) is 11.2 Å². The zero-order valence-corrected chi connectivity index (χ0v) is 12.8. The predicted molar refractivity (Wildman–Crippen MR) is 84.1 cm³/mol. The van der Waals surface area contributed by atoms with Crippen molar-refractivity contribution in [3.63, 3.8) is 0 Å². The Bertz CT molecular complexity index is 619. The summed E-state index contributed by atoms with van der Waals surface area (Å²) in [6.45, 7) is 6.24. The number of anilines is 2. The van der Waals surface area contributed by atoms with Gasteiger partial charge in [0.1, 0.15) is 0 Å². The first-order chi connectivity index (χ1) is 9.47. The van der Waals surface area contributed by atoms with Crippen LogP contribution < -0.4 is 11.1 Å². The van der Waals surface area contributed by atoms with E-state index in [1.807, 2.05) is 30.5 Å². The van der Waals surface area contributed by atoms with Crippen LogP contribution in [0.3, 0.4) is 0 Å². The lowest BCUT2D eigenvalue weighted by Gasteiger charge is -2.16. The van der Waals surface area contributed by atoms with Crippen LogP contribution in [0.5, 0.6) is 0 Å². The first-order valence-corrected chi connectivity index (χ1v) is 7.44. The number of nitrogen functional groups attached to an aromatic ring is 1. The van der Waals surface area contributed by atoms with Crippen molar-refractivity contribution in [1.82, 2.24) is 4.98 Å². The van der Waals surface area contributed by atoms with Gasteiger partial charge in [0.15, 0.2) is 5.13 Å². The van der Waals surface area contributed by atoms with Gasteiger partial charge in [-0.15, -0.1) is 11.3 Å². The lowest BCUT2D eigenvalue weighted by atomic mass is 9.98. The van der Waals surface area contributed by atoms with Gasteiger partial charge in [0.25, 0.3) is 0 Å². The van der Waals surface area contributed by atoms with Crippen LogP contribution in [0.2, 0.25) is 0 Å². The van der Waals surface area contributed by atoms with E-state index in [1.54, 1.807) is 0 Å². The summed E-state index contributed by atoms with van der Waals surface area (Å²) in [5.41, 5.74) is 9.42. The third kappa shape index (κ3) is 3.36. The summed E-state index contributed by atoms with van der Waals surface area (Å²) < 4.78 is 0. The van der Waals surface area contributed by atoms with E-state index in [1.165, 1.54) is 11.3 Å². The molecule has 0 radical (unpaired) electrons. The second-order valence-electron chi connectivity index (χ2n) is 5.10. The molecule has 5 heteroatoms. The van der Waals surface area contributed by atoms with Crippen LogP contribution in [0.15, 0.2) is 23.6 Å². The van der Waals surface area contributed by atoms with Gasteiger partial charge in [-0.2, -0.15) is 0 Å². The molecule has 0 aliphatic carbocycles. The summed E-state index contributed by atoms with van der Waals surface area (Å²) in [5, 5.41) is 5.31. The molecule has 1 aromatic carbocycles. The van der Waals surface area contributed by atoms with Crippen molar-refractivity contribution >= 4 is 28.1 Å². The number of amides is 1. The Hall–Kier alpha value is -1.88. The first kappa shape index (κ1) is 14.5. The lowest BCUT2D eigenvalue weighted by molar-refractivity contribution is -0.115. The fourth-order valence-corrected chi connectivity index (χ4v) is 2.66. The molecule has 3 N–H and O–H groups in total. The summed E-state index contributed by atoms with van der Waals surface area (Å²) in [5.74, 6) is 0.298. The SMILES string of the molecule is Cc1cccc(C(C)C)c1NC(=O)Cc1csc(N)n1. The first-order valence-electron chi connectivity index (χ1n) is 6.56. The summed E-state index contributed by atoms with van der Waals surface area (Å²) in [7, 11) is 0. The number of thiazole rings is 1. The summed E-state index contributed by atoms with van der Waals surface area (Å²) in [4.78, 5) is 16.2. The second-order valence-corrected chi connectivity index (χ2v) is 5.99. The van der Waals surface area contributed by atoms with Crippen molar-refractivity contribution in [2.45, 2.75) is 33.1 Å². The highest BCUT2D eigenvalue weighted by Gasteiger charge is 2.13. The Morgan fingerprint density at radius 3 is 2.80 bits per heavy atom. The van der Waals surface area contributed by atoms with E-state index in [9.17, 15) is 4.79 Å². The zero-order valence-electron chi connectivity index (χ0n) is 11.9. The van der Waals surface area contributed by atoms with E-state index in [-0.39, 0.29) is 12.3 Å². The van der Waals surface area contributed by atoms with Gasteiger partial charge in [-0.25, -0.2) is 4.98 Å². The maximum atomic E-state index is 12.1. The van der Waals surface area contributed by atoms with E-state index < -0.39 is 0 Å². The molecule has 0 aliphatic rings. The molecule has 0 atom stereocenters. The van der Waals surface area contributed by atoms with Gasteiger partial charge in [0.05, 0.1) is 12.1 Å². The summed E-state index contributed by atoms with van der Waals surface area (Å²) in [6, 6.07) is 6.07. The number of para-hydroxylation sites is 1. The molecule has 0 aliphatic heterocycles. The maximum Gasteiger partial charge on any atom is 0.230 e. The molecule has 0 unspecified atom stereocenters. The number of nitrogens with one attached hydrogen (secondary N) is 1. The van der Waals surface area contributed by atoms with Gasteiger partial charge in [-0.3, -0.25) is 4.79 Å². The number of nitrogens with two attached hydrogens (primary N) is 1.